The summed E-state index contributed by atoms with van der Waals surface area (Å²) in [7, 11) is 0. The Balaban J connectivity index is 1.45. The quantitative estimate of drug-likeness (QED) is 0.814. The van der Waals surface area contributed by atoms with Crippen LogP contribution in [0.2, 0.25) is 0 Å². The van der Waals surface area contributed by atoms with Crippen LogP contribution in [0.3, 0.4) is 0 Å². The van der Waals surface area contributed by atoms with Crippen molar-refractivity contribution in [2.24, 2.45) is 0 Å². The maximum atomic E-state index is 12.3. The first-order chi connectivity index (χ1) is 11.2. The molecule has 2 saturated heterocycles. The van der Waals surface area contributed by atoms with Gasteiger partial charge in [-0.05, 0) is 18.6 Å². The first-order valence-electron chi connectivity index (χ1n) is 8.46. The summed E-state index contributed by atoms with van der Waals surface area (Å²) < 4.78 is 5.30. The lowest BCUT2D eigenvalue weighted by Crippen LogP contribution is -2.51. The fraction of sp³-hybridized carbons (Fsp3) is 0.647. The summed E-state index contributed by atoms with van der Waals surface area (Å²) in [5.41, 5.74) is 1.25. The minimum absolute atomic E-state index is 0.238. The van der Waals surface area contributed by atoms with Gasteiger partial charge in [0.05, 0.1) is 19.8 Å². The van der Waals surface area contributed by atoms with E-state index in [4.69, 9.17) is 4.74 Å². The highest BCUT2D eigenvalue weighted by molar-refractivity contribution is 5.78. The zero-order valence-corrected chi connectivity index (χ0v) is 13.9. The molecule has 2 aliphatic rings. The van der Waals surface area contributed by atoms with Crippen LogP contribution in [0.25, 0.3) is 0 Å². The van der Waals surface area contributed by atoms with E-state index in [1.807, 2.05) is 23.4 Å². The van der Waals surface area contributed by atoms with Gasteiger partial charge in [-0.15, -0.1) is 0 Å². The Labute approximate surface area is 138 Å². The predicted octanol–water partition coefficient (Wildman–Crippen LogP) is 0.619. The number of hydrogen-bond donors (Lipinski definition) is 0. The van der Waals surface area contributed by atoms with Crippen LogP contribution in [0.5, 0.6) is 0 Å². The lowest BCUT2D eigenvalue weighted by atomic mass is 10.1. The maximum absolute atomic E-state index is 12.3. The molecule has 23 heavy (non-hydrogen) atoms. The number of piperazine rings is 1. The molecule has 126 valence electrons. The average Bonchev–Trinajstić information content (AvgIpc) is 2.63. The van der Waals surface area contributed by atoms with Crippen molar-refractivity contribution in [2.45, 2.75) is 13.0 Å². The second-order valence-electron chi connectivity index (χ2n) is 6.27. The molecule has 1 aromatic rings. The molecule has 2 aliphatic heterocycles. The fourth-order valence-corrected chi connectivity index (χ4v) is 3.25. The molecule has 6 nitrogen and oxygen atoms in total. The van der Waals surface area contributed by atoms with Gasteiger partial charge < -0.3 is 9.64 Å². The standard InChI is InChI=1S/C17H26N4O2/c1-15(16-3-2-4-18-13-16)20-7-5-19(6-8-20)14-17(22)21-9-11-23-12-10-21/h2-4,13,15H,5-12,14H2,1H3/t15-/m0/s1. The summed E-state index contributed by atoms with van der Waals surface area (Å²) in [6, 6.07) is 4.50. The van der Waals surface area contributed by atoms with Crippen molar-refractivity contribution in [3.05, 3.63) is 30.1 Å². The number of aromatic nitrogens is 1. The lowest BCUT2D eigenvalue weighted by molar-refractivity contribution is -0.137. The van der Waals surface area contributed by atoms with Gasteiger partial charge in [0.1, 0.15) is 0 Å². The molecule has 3 rings (SSSR count). The molecule has 2 fully saturated rings. The molecule has 0 N–H and O–H groups in total. The Hall–Kier alpha value is -1.50. The highest BCUT2D eigenvalue weighted by Crippen LogP contribution is 2.20. The summed E-state index contributed by atoms with van der Waals surface area (Å²) in [5.74, 6) is 0.238. The third kappa shape index (κ3) is 4.28. The van der Waals surface area contributed by atoms with Crippen molar-refractivity contribution in [2.75, 3.05) is 59.0 Å². The van der Waals surface area contributed by atoms with Gasteiger partial charge in [0.2, 0.25) is 5.91 Å². The van der Waals surface area contributed by atoms with Crippen molar-refractivity contribution in [1.29, 1.82) is 0 Å². The van der Waals surface area contributed by atoms with Gasteiger partial charge in [-0.25, -0.2) is 0 Å². The normalized spacial score (nSPS) is 22.0. The van der Waals surface area contributed by atoms with Crippen LogP contribution >= 0.6 is 0 Å². The van der Waals surface area contributed by atoms with Gasteiger partial charge >= 0.3 is 0 Å². The number of morpholine rings is 1. The van der Waals surface area contributed by atoms with Crippen LogP contribution in [-0.4, -0.2) is 84.6 Å². The number of amides is 1. The third-order valence-corrected chi connectivity index (χ3v) is 4.84. The number of hydrogen-bond acceptors (Lipinski definition) is 5. The van der Waals surface area contributed by atoms with Gasteiger partial charge in [0.15, 0.2) is 0 Å². The van der Waals surface area contributed by atoms with Crippen molar-refractivity contribution in [3.63, 3.8) is 0 Å². The molecule has 3 heterocycles. The summed E-state index contributed by atoms with van der Waals surface area (Å²) in [4.78, 5) is 23.2. The largest absolute Gasteiger partial charge is 0.378 e. The van der Waals surface area contributed by atoms with Crippen LogP contribution < -0.4 is 0 Å². The highest BCUT2D eigenvalue weighted by Gasteiger charge is 2.25. The van der Waals surface area contributed by atoms with E-state index in [1.165, 1.54) is 5.56 Å². The van der Waals surface area contributed by atoms with Crippen molar-refractivity contribution < 1.29 is 9.53 Å². The Kier molecular flexibility index (Phi) is 5.59. The number of nitrogens with zero attached hydrogens (tertiary/aromatic N) is 4. The monoisotopic (exact) mass is 318 g/mol. The van der Waals surface area contributed by atoms with Crippen LogP contribution in [0.4, 0.5) is 0 Å². The number of ether oxygens (including phenoxy) is 1. The van der Waals surface area contributed by atoms with E-state index in [9.17, 15) is 4.79 Å². The van der Waals surface area contributed by atoms with E-state index in [-0.39, 0.29) is 5.91 Å². The number of carbonyl (C=O) groups is 1. The average molecular weight is 318 g/mol. The van der Waals surface area contributed by atoms with Crippen LogP contribution in [0, 0.1) is 0 Å². The Morgan fingerprint density at radius 3 is 2.61 bits per heavy atom. The van der Waals surface area contributed by atoms with Gasteiger partial charge in [-0.2, -0.15) is 0 Å². The molecule has 0 aromatic carbocycles. The minimum Gasteiger partial charge on any atom is -0.378 e. The number of carbonyl (C=O) groups excluding carboxylic acids is 1. The smallest absolute Gasteiger partial charge is 0.236 e. The summed E-state index contributed by atoms with van der Waals surface area (Å²) in [6.45, 7) is 9.44. The zero-order valence-electron chi connectivity index (χ0n) is 13.9. The van der Waals surface area contributed by atoms with E-state index < -0.39 is 0 Å². The van der Waals surface area contributed by atoms with Gasteiger partial charge in [-0.3, -0.25) is 19.6 Å². The first kappa shape index (κ1) is 16.4. The summed E-state index contributed by atoms with van der Waals surface area (Å²) >= 11 is 0. The molecule has 0 aliphatic carbocycles. The highest BCUT2D eigenvalue weighted by atomic mass is 16.5. The van der Waals surface area contributed by atoms with Crippen LogP contribution in [-0.2, 0) is 9.53 Å². The molecular weight excluding hydrogens is 292 g/mol. The predicted molar refractivity (Wildman–Crippen MR) is 88.1 cm³/mol. The third-order valence-electron chi connectivity index (χ3n) is 4.84. The molecule has 1 aromatic heterocycles. The maximum Gasteiger partial charge on any atom is 0.236 e. The molecular formula is C17H26N4O2. The van der Waals surface area contributed by atoms with E-state index >= 15 is 0 Å². The topological polar surface area (TPSA) is 48.9 Å². The number of pyridine rings is 1. The van der Waals surface area contributed by atoms with Gasteiger partial charge in [0, 0.05) is 57.7 Å². The van der Waals surface area contributed by atoms with Crippen LogP contribution in [0.1, 0.15) is 18.5 Å². The van der Waals surface area contributed by atoms with Crippen molar-refractivity contribution in [3.8, 4) is 0 Å². The Morgan fingerprint density at radius 2 is 1.96 bits per heavy atom. The number of rotatable bonds is 4. The molecule has 1 amide bonds. The Morgan fingerprint density at radius 1 is 1.22 bits per heavy atom. The second kappa shape index (κ2) is 7.86. The van der Waals surface area contributed by atoms with Gasteiger partial charge in [0.25, 0.3) is 0 Å². The molecule has 6 heteroatoms. The molecule has 0 spiro atoms. The van der Waals surface area contributed by atoms with Crippen molar-refractivity contribution >= 4 is 5.91 Å². The summed E-state index contributed by atoms with van der Waals surface area (Å²) in [5, 5.41) is 0. The fourth-order valence-electron chi connectivity index (χ4n) is 3.25. The minimum atomic E-state index is 0.238. The van der Waals surface area contributed by atoms with E-state index in [1.54, 1.807) is 0 Å². The molecule has 0 bridgehead atoms. The van der Waals surface area contributed by atoms with Crippen molar-refractivity contribution in [1.82, 2.24) is 19.7 Å². The van der Waals surface area contributed by atoms with E-state index in [2.05, 4.69) is 27.8 Å². The zero-order chi connectivity index (χ0) is 16.1. The van der Waals surface area contributed by atoms with E-state index in [0.717, 1.165) is 39.3 Å². The SMILES string of the molecule is C[C@@H](c1cccnc1)N1CCN(CC(=O)N2CCOCC2)CC1. The van der Waals surface area contributed by atoms with Gasteiger partial charge in [-0.1, -0.05) is 6.07 Å². The molecule has 0 unspecified atom stereocenters. The molecule has 0 saturated carbocycles. The molecule has 1 atom stereocenters. The summed E-state index contributed by atoms with van der Waals surface area (Å²) in [6.07, 6.45) is 3.75. The Bertz CT molecular complexity index is 497. The second-order valence-corrected chi connectivity index (χ2v) is 6.27. The first-order valence-corrected chi connectivity index (χ1v) is 8.46. The lowest BCUT2D eigenvalue weighted by Gasteiger charge is -2.38. The van der Waals surface area contributed by atoms with Crippen LogP contribution in [0.15, 0.2) is 24.5 Å². The van der Waals surface area contributed by atoms with E-state index in [0.29, 0.717) is 25.8 Å². The molecule has 0 radical (unpaired) electrons.